The molecule has 1 aliphatic carbocycles. The number of nitrogens with one attached hydrogen (secondary N) is 1. The Bertz CT molecular complexity index is 411. The van der Waals surface area contributed by atoms with Gasteiger partial charge in [-0.05, 0) is 12.8 Å². The van der Waals surface area contributed by atoms with Crippen LogP contribution in [-0.2, 0) is 19.1 Å². The Balaban J connectivity index is 1.81. The van der Waals surface area contributed by atoms with Crippen molar-refractivity contribution in [1.29, 1.82) is 0 Å². The maximum absolute atomic E-state index is 12.1. The minimum atomic E-state index is -1.16. The summed E-state index contributed by atoms with van der Waals surface area (Å²) in [7, 11) is 0. The second kappa shape index (κ2) is 7.37. The van der Waals surface area contributed by atoms with Crippen LogP contribution in [0.3, 0.4) is 0 Å². The lowest BCUT2D eigenvalue weighted by Gasteiger charge is -2.43. The zero-order valence-corrected chi connectivity index (χ0v) is 11.7. The number of carboxylic acid groups (broad SMARTS) is 1. The lowest BCUT2D eigenvalue weighted by atomic mass is 9.90. The molecular weight excluding hydrogens is 280 g/mol. The lowest BCUT2D eigenvalue weighted by Crippen LogP contribution is -2.58. The molecule has 0 aromatic carbocycles. The summed E-state index contributed by atoms with van der Waals surface area (Å²) in [5.41, 5.74) is 0. The van der Waals surface area contributed by atoms with E-state index >= 15 is 0 Å². The van der Waals surface area contributed by atoms with Crippen molar-refractivity contribution in [2.45, 2.75) is 37.8 Å². The molecule has 2 rings (SSSR count). The van der Waals surface area contributed by atoms with Gasteiger partial charge in [-0.15, -0.1) is 0 Å². The maximum Gasteiger partial charge on any atom is 0.329 e. The highest BCUT2D eigenvalue weighted by molar-refractivity contribution is 5.95. The largest absolute Gasteiger partial charge is 0.480 e. The van der Waals surface area contributed by atoms with Gasteiger partial charge in [0.2, 0.25) is 0 Å². The Hall–Kier alpha value is -1.67. The Morgan fingerprint density at radius 1 is 1.24 bits per heavy atom. The number of nitrogens with zero attached hydrogens (tertiary/aromatic N) is 1. The van der Waals surface area contributed by atoms with Crippen molar-refractivity contribution in [2.24, 2.45) is 0 Å². The summed E-state index contributed by atoms with van der Waals surface area (Å²) in [5, 5.41) is 10.6. The molecule has 1 heterocycles. The van der Waals surface area contributed by atoms with Crippen molar-refractivity contribution in [2.75, 3.05) is 26.4 Å². The van der Waals surface area contributed by atoms with E-state index in [9.17, 15) is 14.4 Å². The van der Waals surface area contributed by atoms with Gasteiger partial charge < -0.3 is 19.5 Å². The van der Waals surface area contributed by atoms with E-state index in [1.165, 1.54) is 0 Å². The Morgan fingerprint density at radius 2 is 2.00 bits per heavy atom. The van der Waals surface area contributed by atoms with E-state index in [0.717, 1.165) is 25.7 Å². The molecule has 0 spiro atoms. The SMILES string of the molecule is O=C(O)COCC(=O)NC(=O)N1CCOC2CCCCC21. The Kier molecular flexibility index (Phi) is 5.51. The number of urea groups is 1. The van der Waals surface area contributed by atoms with E-state index in [2.05, 4.69) is 10.1 Å². The van der Waals surface area contributed by atoms with E-state index in [0.29, 0.717) is 13.2 Å². The maximum atomic E-state index is 12.1. The van der Waals surface area contributed by atoms with Crippen molar-refractivity contribution >= 4 is 17.9 Å². The summed E-state index contributed by atoms with van der Waals surface area (Å²) in [4.78, 5) is 35.6. The molecule has 118 valence electrons. The molecule has 2 aliphatic rings. The lowest BCUT2D eigenvalue weighted by molar-refractivity contribution is -0.143. The van der Waals surface area contributed by atoms with E-state index < -0.39 is 31.1 Å². The molecule has 1 aliphatic heterocycles. The second-order valence-electron chi connectivity index (χ2n) is 5.19. The van der Waals surface area contributed by atoms with Crippen molar-refractivity contribution in [3.8, 4) is 0 Å². The van der Waals surface area contributed by atoms with Crippen LogP contribution in [0.2, 0.25) is 0 Å². The van der Waals surface area contributed by atoms with Crippen molar-refractivity contribution < 1.29 is 29.0 Å². The van der Waals surface area contributed by atoms with Gasteiger partial charge in [0.1, 0.15) is 13.2 Å². The van der Waals surface area contributed by atoms with Crippen LogP contribution in [0.15, 0.2) is 0 Å². The number of hydrogen-bond donors (Lipinski definition) is 2. The first-order valence-electron chi connectivity index (χ1n) is 7.09. The molecule has 0 radical (unpaired) electrons. The fourth-order valence-corrected chi connectivity index (χ4v) is 2.81. The Morgan fingerprint density at radius 3 is 2.76 bits per heavy atom. The van der Waals surface area contributed by atoms with Gasteiger partial charge in [-0.2, -0.15) is 0 Å². The number of fused-ring (bicyclic) bond motifs is 1. The normalized spacial score (nSPS) is 25.0. The molecule has 2 N–H and O–H groups in total. The number of ether oxygens (including phenoxy) is 2. The summed E-state index contributed by atoms with van der Waals surface area (Å²) in [6, 6.07) is -0.445. The first-order chi connectivity index (χ1) is 10.1. The monoisotopic (exact) mass is 300 g/mol. The summed E-state index contributed by atoms with van der Waals surface area (Å²) < 4.78 is 10.3. The average molecular weight is 300 g/mol. The van der Waals surface area contributed by atoms with Gasteiger partial charge in [-0.3, -0.25) is 10.1 Å². The highest BCUT2D eigenvalue weighted by atomic mass is 16.5. The van der Waals surface area contributed by atoms with Gasteiger partial charge in [0.25, 0.3) is 5.91 Å². The summed E-state index contributed by atoms with van der Waals surface area (Å²) in [5.74, 6) is -1.80. The number of hydrogen-bond acceptors (Lipinski definition) is 5. The number of aliphatic carboxylic acids is 1. The van der Waals surface area contributed by atoms with Crippen LogP contribution in [-0.4, -0.2) is 66.4 Å². The number of amides is 3. The zero-order valence-electron chi connectivity index (χ0n) is 11.7. The number of carbonyl (C=O) groups is 3. The fraction of sp³-hybridized carbons (Fsp3) is 0.769. The smallest absolute Gasteiger partial charge is 0.329 e. The molecule has 21 heavy (non-hydrogen) atoms. The molecule has 2 unspecified atom stereocenters. The molecule has 3 amide bonds. The molecule has 2 fully saturated rings. The van der Waals surface area contributed by atoms with Crippen molar-refractivity contribution in [3.05, 3.63) is 0 Å². The molecule has 8 heteroatoms. The highest BCUT2D eigenvalue weighted by Crippen LogP contribution is 2.28. The van der Waals surface area contributed by atoms with Gasteiger partial charge in [0, 0.05) is 6.54 Å². The van der Waals surface area contributed by atoms with Crippen LogP contribution in [0.1, 0.15) is 25.7 Å². The van der Waals surface area contributed by atoms with Crippen LogP contribution < -0.4 is 5.32 Å². The molecule has 8 nitrogen and oxygen atoms in total. The molecule has 1 saturated heterocycles. The quantitative estimate of drug-likeness (QED) is 0.755. The van der Waals surface area contributed by atoms with Gasteiger partial charge in [0.15, 0.2) is 0 Å². The van der Waals surface area contributed by atoms with Gasteiger partial charge >= 0.3 is 12.0 Å². The number of imide groups is 1. The van der Waals surface area contributed by atoms with Gasteiger partial charge in [-0.25, -0.2) is 9.59 Å². The number of rotatable bonds is 4. The summed E-state index contributed by atoms with van der Waals surface area (Å²) in [6.45, 7) is -0.0884. The van der Waals surface area contributed by atoms with Crippen LogP contribution in [0.25, 0.3) is 0 Å². The first kappa shape index (κ1) is 15.7. The summed E-state index contributed by atoms with van der Waals surface area (Å²) in [6.07, 6.45) is 4.01. The van der Waals surface area contributed by atoms with E-state index in [-0.39, 0.29) is 12.1 Å². The van der Waals surface area contributed by atoms with Crippen molar-refractivity contribution in [3.63, 3.8) is 0 Å². The third kappa shape index (κ3) is 4.40. The van der Waals surface area contributed by atoms with E-state index in [1.54, 1.807) is 4.90 Å². The van der Waals surface area contributed by atoms with Crippen LogP contribution in [0.5, 0.6) is 0 Å². The third-order valence-electron chi connectivity index (χ3n) is 3.70. The standard InChI is InChI=1S/C13H20N2O6/c16-11(7-20-8-12(17)18)14-13(19)15-5-6-21-10-4-2-1-3-9(10)15/h9-10H,1-8H2,(H,17,18)(H,14,16,19). The Labute approximate surface area is 122 Å². The predicted molar refractivity (Wildman–Crippen MR) is 70.7 cm³/mol. The molecule has 0 aromatic rings. The minimum Gasteiger partial charge on any atom is -0.480 e. The molecule has 0 bridgehead atoms. The predicted octanol–water partition coefficient (Wildman–Crippen LogP) is -0.0328. The van der Waals surface area contributed by atoms with Crippen LogP contribution in [0.4, 0.5) is 4.79 Å². The minimum absolute atomic E-state index is 0.0141. The number of carbonyl (C=O) groups excluding carboxylic acids is 2. The van der Waals surface area contributed by atoms with Gasteiger partial charge in [0.05, 0.1) is 18.8 Å². The molecule has 0 aromatic heterocycles. The van der Waals surface area contributed by atoms with E-state index in [4.69, 9.17) is 9.84 Å². The van der Waals surface area contributed by atoms with Crippen LogP contribution in [0, 0.1) is 0 Å². The van der Waals surface area contributed by atoms with Crippen molar-refractivity contribution in [1.82, 2.24) is 10.2 Å². The third-order valence-corrected chi connectivity index (χ3v) is 3.70. The topological polar surface area (TPSA) is 105 Å². The van der Waals surface area contributed by atoms with E-state index in [1.807, 2.05) is 0 Å². The first-order valence-corrected chi connectivity index (χ1v) is 7.09. The molecule has 1 saturated carbocycles. The van der Waals surface area contributed by atoms with Crippen LogP contribution >= 0.6 is 0 Å². The molecule has 2 atom stereocenters. The van der Waals surface area contributed by atoms with Gasteiger partial charge in [-0.1, -0.05) is 12.8 Å². The average Bonchev–Trinajstić information content (AvgIpc) is 2.46. The fourth-order valence-electron chi connectivity index (χ4n) is 2.81. The second-order valence-corrected chi connectivity index (χ2v) is 5.19. The molecular formula is C13H20N2O6. The highest BCUT2D eigenvalue weighted by Gasteiger charge is 2.37. The number of morpholine rings is 1. The zero-order chi connectivity index (χ0) is 15.2. The number of carboxylic acids is 1. The summed E-state index contributed by atoms with van der Waals surface area (Å²) >= 11 is 0.